The summed E-state index contributed by atoms with van der Waals surface area (Å²) < 4.78 is 19.2. The summed E-state index contributed by atoms with van der Waals surface area (Å²) in [7, 11) is 0. The van der Waals surface area contributed by atoms with Gasteiger partial charge in [0.25, 0.3) is 0 Å². The number of imidazole rings is 1. The van der Waals surface area contributed by atoms with Crippen LogP contribution in [0, 0.1) is 11.3 Å². The first-order valence-electron chi connectivity index (χ1n) is 6.84. The van der Waals surface area contributed by atoms with Crippen LogP contribution in [-0.2, 0) is 14.2 Å². The molecule has 9 heteroatoms. The fourth-order valence-corrected chi connectivity index (χ4v) is 2.96. The van der Waals surface area contributed by atoms with Crippen LogP contribution in [-0.4, -0.2) is 43.6 Å². The first-order chi connectivity index (χ1) is 10.5. The number of nitrogens with zero attached hydrogens (tertiary/aromatic N) is 5. The summed E-state index contributed by atoms with van der Waals surface area (Å²) in [6.45, 7) is 3.62. The lowest BCUT2D eigenvalue weighted by atomic mass is 10.1. The van der Waals surface area contributed by atoms with E-state index in [4.69, 9.17) is 19.9 Å². The molecule has 4 rings (SSSR count). The first-order valence-corrected chi connectivity index (χ1v) is 6.84. The van der Waals surface area contributed by atoms with Gasteiger partial charge in [-0.2, -0.15) is 5.26 Å². The van der Waals surface area contributed by atoms with Crippen LogP contribution >= 0.6 is 0 Å². The molecule has 2 saturated heterocycles. The molecule has 2 N–H and O–H groups in total. The van der Waals surface area contributed by atoms with E-state index in [0.29, 0.717) is 17.0 Å². The molecule has 114 valence electrons. The highest BCUT2D eigenvalue weighted by molar-refractivity contribution is 5.81. The van der Waals surface area contributed by atoms with Crippen molar-refractivity contribution in [3.05, 3.63) is 12.7 Å². The minimum atomic E-state index is -0.767. The van der Waals surface area contributed by atoms with Crippen LogP contribution in [0.1, 0.15) is 20.1 Å². The zero-order chi connectivity index (χ0) is 15.5. The number of ether oxygens (including phenoxy) is 3. The third-order valence-corrected chi connectivity index (χ3v) is 3.82. The Morgan fingerprint density at radius 3 is 2.82 bits per heavy atom. The Kier molecular flexibility index (Phi) is 2.65. The molecule has 0 aliphatic carbocycles. The van der Waals surface area contributed by atoms with Crippen LogP contribution < -0.4 is 5.73 Å². The van der Waals surface area contributed by atoms with Gasteiger partial charge in [-0.15, -0.1) is 0 Å². The van der Waals surface area contributed by atoms with Crippen LogP contribution in [0.4, 0.5) is 5.82 Å². The molecular formula is C13H14N6O3. The van der Waals surface area contributed by atoms with Gasteiger partial charge < -0.3 is 19.9 Å². The molecular weight excluding hydrogens is 288 g/mol. The van der Waals surface area contributed by atoms with Crippen molar-refractivity contribution in [2.24, 2.45) is 0 Å². The predicted octanol–water partition coefficient (Wildman–Crippen LogP) is 0.350. The molecule has 0 bridgehead atoms. The normalized spacial score (nSPS) is 33.0. The van der Waals surface area contributed by atoms with E-state index in [0.717, 1.165) is 0 Å². The van der Waals surface area contributed by atoms with Gasteiger partial charge in [-0.05, 0) is 13.8 Å². The van der Waals surface area contributed by atoms with Gasteiger partial charge in [-0.1, -0.05) is 0 Å². The summed E-state index contributed by atoms with van der Waals surface area (Å²) >= 11 is 0. The smallest absolute Gasteiger partial charge is 0.175 e. The Labute approximate surface area is 125 Å². The van der Waals surface area contributed by atoms with Gasteiger partial charge in [0.1, 0.15) is 24.1 Å². The number of nitriles is 1. The molecule has 0 saturated carbocycles. The van der Waals surface area contributed by atoms with E-state index in [2.05, 4.69) is 21.0 Å². The Morgan fingerprint density at radius 2 is 2.05 bits per heavy atom. The summed E-state index contributed by atoms with van der Waals surface area (Å²) in [5, 5.41) is 9.27. The van der Waals surface area contributed by atoms with Crippen molar-refractivity contribution in [1.82, 2.24) is 19.5 Å². The van der Waals surface area contributed by atoms with Gasteiger partial charge in [-0.25, -0.2) is 15.0 Å². The van der Waals surface area contributed by atoms with E-state index in [9.17, 15) is 5.26 Å². The highest BCUT2D eigenvalue weighted by atomic mass is 16.8. The SMILES string of the molecule is CC1(C)O[C@@H]2[C@H](O1)[C@@H](C#N)O[C@H]2n1cnc2c(N)ncnc21. The second-order valence-electron chi connectivity index (χ2n) is 5.72. The topological polar surface area (TPSA) is 121 Å². The van der Waals surface area contributed by atoms with Gasteiger partial charge in [0, 0.05) is 0 Å². The molecule has 4 heterocycles. The summed E-state index contributed by atoms with van der Waals surface area (Å²) in [6, 6.07) is 2.11. The van der Waals surface area contributed by atoms with Crippen LogP contribution in [0.3, 0.4) is 0 Å². The number of rotatable bonds is 1. The molecule has 0 amide bonds. The maximum Gasteiger partial charge on any atom is 0.175 e. The molecule has 9 nitrogen and oxygen atoms in total. The lowest BCUT2D eigenvalue weighted by Crippen LogP contribution is -2.28. The zero-order valence-corrected chi connectivity index (χ0v) is 12.0. The van der Waals surface area contributed by atoms with E-state index >= 15 is 0 Å². The molecule has 2 aliphatic heterocycles. The monoisotopic (exact) mass is 302 g/mol. The molecule has 2 aromatic rings. The predicted molar refractivity (Wildman–Crippen MR) is 73.1 cm³/mol. The van der Waals surface area contributed by atoms with E-state index in [1.165, 1.54) is 6.33 Å². The van der Waals surface area contributed by atoms with Gasteiger partial charge in [-0.3, -0.25) is 4.57 Å². The largest absolute Gasteiger partial charge is 0.382 e. The summed E-state index contributed by atoms with van der Waals surface area (Å²) in [5.41, 5.74) is 6.81. The van der Waals surface area contributed by atoms with Crippen molar-refractivity contribution in [1.29, 1.82) is 5.26 Å². The first kappa shape index (κ1) is 13.4. The Hall–Kier alpha value is -2.28. The third-order valence-electron chi connectivity index (χ3n) is 3.82. The molecule has 2 fully saturated rings. The maximum atomic E-state index is 9.27. The molecule has 0 aromatic carbocycles. The van der Waals surface area contributed by atoms with Crippen molar-refractivity contribution in [3.8, 4) is 6.07 Å². The standard InChI is InChI=1S/C13H14N6O3/c1-13(2)21-8-6(3-14)20-12(9(8)22-13)19-5-18-7-10(15)16-4-17-11(7)19/h4-6,8-9,12H,1-2H3,(H2,15,16,17)/t6-,8-,9-,12-/m1/s1. The number of hydrogen-bond acceptors (Lipinski definition) is 8. The summed E-state index contributed by atoms with van der Waals surface area (Å²) in [6.07, 6.45) is 0.769. The number of nitrogens with two attached hydrogens (primary N) is 1. The van der Waals surface area contributed by atoms with Crippen LogP contribution in [0.25, 0.3) is 11.2 Å². The lowest BCUT2D eigenvalue weighted by Gasteiger charge is -2.23. The second kappa shape index (κ2) is 4.36. The third kappa shape index (κ3) is 1.78. The highest BCUT2D eigenvalue weighted by Gasteiger charge is 2.56. The fraction of sp³-hybridized carbons (Fsp3) is 0.538. The number of fused-ring (bicyclic) bond motifs is 2. The zero-order valence-electron chi connectivity index (χ0n) is 12.0. The minimum absolute atomic E-state index is 0.291. The van der Waals surface area contributed by atoms with E-state index in [1.54, 1.807) is 10.9 Å². The molecule has 0 unspecified atom stereocenters. The van der Waals surface area contributed by atoms with Gasteiger partial charge in [0.05, 0.1) is 12.4 Å². The molecule has 2 aliphatic rings. The van der Waals surface area contributed by atoms with Crippen molar-refractivity contribution in [2.75, 3.05) is 5.73 Å². The van der Waals surface area contributed by atoms with Crippen molar-refractivity contribution >= 4 is 17.0 Å². The van der Waals surface area contributed by atoms with Crippen molar-refractivity contribution in [2.45, 2.75) is 44.2 Å². The van der Waals surface area contributed by atoms with Crippen LogP contribution in [0.5, 0.6) is 0 Å². The second-order valence-corrected chi connectivity index (χ2v) is 5.72. The Morgan fingerprint density at radius 1 is 1.27 bits per heavy atom. The molecule has 0 radical (unpaired) electrons. The lowest BCUT2D eigenvalue weighted by molar-refractivity contribution is -0.190. The van der Waals surface area contributed by atoms with E-state index in [1.807, 2.05) is 13.8 Å². The van der Waals surface area contributed by atoms with Gasteiger partial charge in [0.2, 0.25) is 0 Å². The van der Waals surface area contributed by atoms with E-state index in [-0.39, 0.29) is 0 Å². The number of aromatic nitrogens is 4. The number of hydrogen-bond donors (Lipinski definition) is 1. The van der Waals surface area contributed by atoms with Gasteiger partial charge in [0.15, 0.2) is 29.6 Å². The summed E-state index contributed by atoms with van der Waals surface area (Å²) in [4.78, 5) is 12.3. The number of anilines is 1. The molecule has 4 atom stereocenters. The summed E-state index contributed by atoms with van der Waals surface area (Å²) in [5.74, 6) is -0.476. The molecule has 22 heavy (non-hydrogen) atoms. The van der Waals surface area contributed by atoms with Crippen molar-refractivity contribution < 1.29 is 14.2 Å². The maximum absolute atomic E-state index is 9.27. The van der Waals surface area contributed by atoms with Crippen molar-refractivity contribution in [3.63, 3.8) is 0 Å². The van der Waals surface area contributed by atoms with E-state index < -0.39 is 30.3 Å². The fourth-order valence-electron chi connectivity index (χ4n) is 2.96. The Bertz CT molecular complexity index is 782. The highest BCUT2D eigenvalue weighted by Crippen LogP contribution is 2.43. The number of nitrogen functional groups attached to an aromatic ring is 1. The minimum Gasteiger partial charge on any atom is -0.382 e. The quantitative estimate of drug-likeness (QED) is 0.800. The average Bonchev–Trinajstić information content (AvgIpc) is 3.10. The molecule has 0 spiro atoms. The van der Waals surface area contributed by atoms with Crippen LogP contribution in [0.15, 0.2) is 12.7 Å². The Balaban J connectivity index is 1.79. The average molecular weight is 302 g/mol. The van der Waals surface area contributed by atoms with Crippen LogP contribution in [0.2, 0.25) is 0 Å². The van der Waals surface area contributed by atoms with Gasteiger partial charge >= 0.3 is 0 Å². The molecule has 2 aromatic heterocycles.